The van der Waals surface area contributed by atoms with Crippen LogP contribution >= 0.6 is 0 Å². The van der Waals surface area contributed by atoms with Gasteiger partial charge in [-0.05, 0) is 43.2 Å². The smallest absolute Gasteiger partial charge is 0.264 e. The number of aryl methyl sites for hydroxylation is 2. The molecule has 0 spiro atoms. The summed E-state index contributed by atoms with van der Waals surface area (Å²) in [5.41, 5.74) is 3.20. The zero-order valence-corrected chi connectivity index (χ0v) is 19.9. The highest BCUT2D eigenvalue weighted by atomic mass is 32.2. The van der Waals surface area contributed by atoms with Crippen LogP contribution in [0.15, 0.2) is 41.3 Å². The summed E-state index contributed by atoms with van der Waals surface area (Å²) in [6.45, 7) is 5.17. The SMILES string of the molecule is CO.COCc1nc(Cc2cc(C)ccc2C)n(-c2ccc(S(=O)(=O)NC(C)=O)cc2F)n1. The number of aliphatic hydroxyl groups excluding tert-OH is 1. The molecule has 2 N–H and O–H groups in total. The molecule has 0 bridgehead atoms. The molecule has 0 unspecified atom stereocenters. The minimum atomic E-state index is -4.16. The van der Waals surface area contributed by atoms with Crippen LogP contribution in [0.25, 0.3) is 5.69 Å². The number of methoxy groups -OCH3 is 1. The van der Waals surface area contributed by atoms with Crippen molar-refractivity contribution in [1.82, 2.24) is 19.5 Å². The van der Waals surface area contributed by atoms with Crippen molar-refractivity contribution in [3.05, 3.63) is 70.6 Å². The molecule has 0 atom stereocenters. The molecule has 0 aliphatic rings. The number of carbonyl (C=O) groups excluding carboxylic acids is 1. The van der Waals surface area contributed by atoms with Crippen LogP contribution in [0, 0.1) is 19.7 Å². The van der Waals surface area contributed by atoms with E-state index >= 15 is 0 Å². The number of aromatic nitrogens is 3. The van der Waals surface area contributed by atoms with Crippen molar-refractivity contribution in [3.63, 3.8) is 0 Å². The van der Waals surface area contributed by atoms with Crippen molar-refractivity contribution < 1.29 is 27.4 Å². The predicted octanol–water partition coefficient (Wildman–Crippen LogP) is 2.19. The number of halogens is 1. The first-order valence-corrected chi connectivity index (χ1v) is 11.4. The van der Waals surface area contributed by atoms with Gasteiger partial charge in [-0.1, -0.05) is 23.8 Å². The summed E-state index contributed by atoms with van der Waals surface area (Å²) in [6, 6.07) is 9.40. The fourth-order valence-corrected chi connectivity index (χ4v) is 4.13. The molecule has 178 valence electrons. The number of sulfonamides is 1. The Labute approximate surface area is 192 Å². The molecular formula is C22H27FN4O5S. The van der Waals surface area contributed by atoms with E-state index in [4.69, 9.17) is 9.84 Å². The molecule has 9 nitrogen and oxygen atoms in total. The van der Waals surface area contributed by atoms with E-state index in [1.165, 1.54) is 23.9 Å². The quantitative estimate of drug-likeness (QED) is 0.534. The maximum atomic E-state index is 15.0. The summed E-state index contributed by atoms with van der Waals surface area (Å²) in [7, 11) is -1.65. The lowest BCUT2D eigenvalue weighted by Gasteiger charge is -2.11. The molecule has 1 heterocycles. The zero-order chi connectivity index (χ0) is 24.8. The van der Waals surface area contributed by atoms with Gasteiger partial charge in [0.05, 0.1) is 4.90 Å². The molecule has 0 aliphatic carbocycles. The van der Waals surface area contributed by atoms with Crippen LogP contribution < -0.4 is 4.72 Å². The van der Waals surface area contributed by atoms with Gasteiger partial charge in [-0.3, -0.25) is 4.79 Å². The second-order valence-electron chi connectivity index (χ2n) is 7.17. The highest BCUT2D eigenvalue weighted by Gasteiger charge is 2.21. The standard InChI is InChI=1S/C21H23FN4O4S.CH4O/c1-13-5-6-14(2)16(9-13)10-21-23-20(12-30-4)24-26(21)19-8-7-17(11-18(19)22)31(28,29)25-15(3)27;1-2/h5-9,11H,10,12H2,1-4H3,(H,25,27);2H,1H3. The molecule has 0 radical (unpaired) electrons. The van der Waals surface area contributed by atoms with E-state index in [1.807, 2.05) is 36.8 Å². The van der Waals surface area contributed by atoms with E-state index in [1.54, 1.807) is 0 Å². The maximum absolute atomic E-state index is 15.0. The van der Waals surface area contributed by atoms with Gasteiger partial charge in [0.25, 0.3) is 10.0 Å². The lowest BCUT2D eigenvalue weighted by molar-refractivity contribution is -0.117. The maximum Gasteiger partial charge on any atom is 0.264 e. The van der Waals surface area contributed by atoms with Gasteiger partial charge in [-0.15, -0.1) is 5.10 Å². The first-order chi connectivity index (χ1) is 15.6. The molecule has 0 saturated heterocycles. The van der Waals surface area contributed by atoms with Gasteiger partial charge in [0.2, 0.25) is 5.91 Å². The molecule has 2 aromatic carbocycles. The number of hydrogen-bond donors (Lipinski definition) is 2. The van der Waals surface area contributed by atoms with E-state index in [9.17, 15) is 17.6 Å². The van der Waals surface area contributed by atoms with E-state index in [-0.39, 0.29) is 17.2 Å². The van der Waals surface area contributed by atoms with E-state index < -0.39 is 21.7 Å². The monoisotopic (exact) mass is 478 g/mol. The van der Waals surface area contributed by atoms with Crippen LogP contribution in [0.3, 0.4) is 0 Å². The van der Waals surface area contributed by atoms with Gasteiger partial charge >= 0.3 is 0 Å². The predicted molar refractivity (Wildman–Crippen MR) is 120 cm³/mol. The summed E-state index contributed by atoms with van der Waals surface area (Å²) < 4.78 is 47.5. The normalized spacial score (nSPS) is 11.0. The average molecular weight is 479 g/mol. The molecule has 1 amide bonds. The third kappa shape index (κ3) is 6.44. The lowest BCUT2D eigenvalue weighted by Crippen LogP contribution is -2.28. The third-order valence-corrected chi connectivity index (χ3v) is 6.01. The lowest BCUT2D eigenvalue weighted by atomic mass is 10.0. The Kier molecular flexibility index (Phi) is 8.80. The van der Waals surface area contributed by atoms with Crippen LogP contribution in [0.5, 0.6) is 0 Å². The molecule has 3 aromatic rings. The fraction of sp³-hybridized carbons (Fsp3) is 0.318. The minimum absolute atomic E-state index is 0.0388. The Bertz CT molecular complexity index is 1240. The molecular weight excluding hydrogens is 451 g/mol. The number of nitrogens with one attached hydrogen (secondary N) is 1. The summed E-state index contributed by atoms with van der Waals surface area (Å²) in [4.78, 5) is 15.2. The van der Waals surface area contributed by atoms with Gasteiger partial charge in [0, 0.05) is 27.6 Å². The number of ether oxygens (including phenoxy) is 1. The van der Waals surface area contributed by atoms with Gasteiger partial charge < -0.3 is 9.84 Å². The van der Waals surface area contributed by atoms with Crippen molar-refractivity contribution in [2.45, 2.75) is 38.7 Å². The Hall–Kier alpha value is -3.15. The second-order valence-corrected chi connectivity index (χ2v) is 8.85. The summed E-state index contributed by atoms with van der Waals surface area (Å²) in [6.07, 6.45) is 0.398. The number of benzene rings is 2. The van der Waals surface area contributed by atoms with E-state index in [0.717, 1.165) is 36.8 Å². The van der Waals surface area contributed by atoms with Crippen LogP contribution in [-0.4, -0.2) is 48.4 Å². The Balaban J connectivity index is 0.00000187. The van der Waals surface area contributed by atoms with E-state index in [0.29, 0.717) is 18.1 Å². The van der Waals surface area contributed by atoms with Crippen LogP contribution in [0.2, 0.25) is 0 Å². The molecule has 0 fully saturated rings. The van der Waals surface area contributed by atoms with Crippen LogP contribution in [0.1, 0.15) is 35.3 Å². The van der Waals surface area contributed by atoms with Gasteiger partial charge in [0.1, 0.15) is 23.9 Å². The topological polar surface area (TPSA) is 123 Å². The molecule has 33 heavy (non-hydrogen) atoms. The molecule has 3 rings (SSSR count). The fourth-order valence-electron chi connectivity index (χ4n) is 3.13. The van der Waals surface area contributed by atoms with E-state index in [2.05, 4.69) is 10.1 Å². The number of amides is 1. The van der Waals surface area contributed by atoms with Gasteiger partial charge in [-0.2, -0.15) is 0 Å². The number of aliphatic hydroxyl groups is 1. The Morgan fingerprint density at radius 1 is 1.18 bits per heavy atom. The Morgan fingerprint density at radius 3 is 2.48 bits per heavy atom. The summed E-state index contributed by atoms with van der Waals surface area (Å²) in [5.74, 6) is -0.724. The van der Waals surface area contributed by atoms with Crippen LogP contribution in [-0.2, 0) is 32.6 Å². The molecule has 0 aliphatic heterocycles. The van der Waals surface area contributed by atoms with Crippen molar-refractivity contribution in [2.75, 3.05) is 14.2 Å². The van der Waals surface area contributed by atoms with Gasteiger partial charge in [-0.25, -0.2) is 27.2 Å². The number of hydrogen-bond acceptors (Lipinski definition) is 7. The minimum Gasteiger partial charge on any atom is -0.400 e. The number of carbonyl (C=O) groups is 1. The number of nitrogens with zero attached hydrogens (tertiary/aromatic N) is 3. The van der Waals surface area contributed by atoms with Crippen LogP contribution in [0.4, 0.5) is 4.39 Å². The largest absolute Gasteiger partial charge is 0.400 e. The zero-order valence-electron chi connectivity index (χ0n) is 19.1. The van der Waals surface area contributed by atoms with Crippen molar-refractivity contribution >= 4 is 15.9 Å². The molecule has 0 saturated carbocycles. The highest BCUT2D eigenvalue weighted by molar-refractivity contribution is 7.90. The average Bonchev–Trinajstić information content (AvgIpc) is 3.13. The number of rotatable bonds is 7. The first kappa shape index (κ1) is 26.1. The highest BCUT2D eigenvalue weighted by Crippen LogP contribution is 2.22. The van der Waals surface area contributed by atoms with Crippen molar-refractivity contribution in [3.8, 4) is 5.69 Å². The summed E-state index contributed by atoms with van der Waals surface area (Å²) >= 11 is 0. The molecule has 11 heteroatoms. The summed E-state index contributed by atoms with van der Waals surface area (Å²) in [5, 5.41) is 11.3. The second kappa shape index (κ2) is 11.1. The first-order valence-electron chi connectivity index (χ1n) is 9.88. The molecule has 1 aromatic heterocycles. The Morgan fingerprint density at radius 2 is 1.88 bits per heavy atom. The van der Waals surface area contributed by atoms with Gasteiger partial charge in [0.15, 0.2) is 5.82 Å². The van der Waals surface area contributed by atoms with Crippen molar-refractivity contribution in [1.29, 1.82) is 0 Å². The van der Waals surface area contributed by atoms with Crippen molar-refractivity contribution in [2.24, 2.45) is 0 Å². The third-order valence-electron chi connectivity index (χ3n) is 4.58.